The molecular weight excluding hydrogens is 420 g/mol. The number of unbranched alkanes of at least 4 members (excludes halogenated alkanes) is 8. The molecule has 0 saturated heterocycles. The number of aliphatic hydroxyl groups excluding tert-OH is 1. The first kappa shape index (κ1) is 24.4. The summed E-state index contributed by atoms with van der Waals surface area (Å²) < 4.78 is 0. The third-order valence-electron chi connectivity index (χ3n) is 10.8. The van der Waals surface area contributed by atoms with Crippen LogP contribution >= 0.6 is 0 Å². The Morgan fingerprint density at radius 3 is 2.26 bits per heavy atom. The summed E-state index contributed by atoms with van der Waals surface area (Å²) in [6.07, 6.45) is 22.6. The van der Waals surface area contributed by atoms with Crippen LogP contribution in [0.3, 0.4) is 0 Å². The number of hydrogen-bond acceptors (Lipinski definition) is 3. The van der Waals surface area contributed by atoms with Crippen molar-refractivity contribution in [3.8, 4) is 5.75 Å². The van der Waals surface area contributed by atoms with E-state index in [1.165, 1.54) is 68.9 Å². The van der Waals surface area contributed by atoms with Gasteiger partial charge in [-0.25, -0.2) is 0 Å². The molecule has 2 fully saturated rings. The lowest BCUT2D eigenvalue weighted by molar-refractivity contribution is -0.100. The molecule has 0 aromatic heterocycles. The molecular formula is C31H46O3. The summed E-state index contributed by atoms with van der Waals surface area (Å²) in [4.78, 5) is 0. The summed E-state index contributed by atoms with van der Waals surface area (Å²) in [5, 5.41) is 30.6. The molecule has 188 valence electrons. The molecule has 2 saturated carbocycles. The number of phenols is 1. The molecule has 2 bridgehead atoms. The van der Waals surface area contributed by atoms with Crippen LogP contribution < -0.4 is 0 Å². The summed E-state index contributed by atoms with van der Waals surface area (Å²) >= 11 is 0. The topological polar surface area (TPSA) is 60.7 Å². The Bertz CT molecular complexity index is 893. The standard InChI is InChI=1S/C31H46O3/c1-29-15-14-27-26-13-12-25(33)22-24(26)21-23(11-9-7-5-3-2-4-6-8-10-20-32)28(27)30(29)16-18-31(29,34)19-17-30/h12-13,16,18,22-23,27-28,32-34H,2-11,14-15,17,19-21H2,1H3/t23-,27-,28-,29+,30+,31-/m1/s1. The third-order valence-corrected chi connectivity index (χ3v) is 10.8. The summed E-state index contributed by atoms with van der Waals surface area (Å²) in [7, 11) is 0. The van der Waals surface area contributed by atoms with Gasteiger partial charge in [0.2, 0.25) is 0 Å². The van der Waals surface area contributed by atoms with Gasteiger partial charge in [0.05, 0.1) is 5.60 Å². The zero-order valence-electron chi connectivity index (χ0n) is 21.3. The van der Waals surface area contributed by atoms with E-state index in [1.54, 1.807) is 0 Å². The van der Waals surface area contributed by atoms with Gasteiger partial charge in [0.1, 0.15) is 5.75 Å². The summed E-state index contributed by atoms with van der Waals surface area (Å²) in [6.45, 7) is 2.73. The number of aliphatic hydroxyl groups is 2. The molecule has 1 aromatic rings. The van der Waals surface area contributed by atoms with E-state index in [1.807, 2.05) is 12.1 Å². The molecule has 0 unspecified atom stereocenters. The predicted octanol–water partition coefficient (Wildman–Crippen LogP) is 7.04. The molecule has 3 N–H and O–H groups in total. The van der Waals surface area contributed by atoms with Gasteiger partial charge in [0.25, 0.3) is 0 Å². The number of phenolic OH excluding ortho intramolecular Hbond substituents is 1. The second kappa shape index (κ2) is 9.62. The highest BCUT2D eigenvalue weighted by atomic mass is 16.3. The predicted molar refractivity (Wildman–Crippen MR) is 138 cm³/mol. The number of hydrogen-bond donors (Lipinski definition) is 3. The minimum Gasteiger partial charge on any atom is -0.508 e. The number of fused-ring (bicyclic) bond motifs is 3. The SMILES string of the molecule is C[C@]12CC[C@@H]3c4ccc(O)cc4C[C@@H](CCCCCCCCCCCO)[C@H]3[C@@]13C=C[C@@]2(O)CC3. The summed E-state index contributed by atoms with van der Waals surface area (Å²) in [5.74, 6) is 2.22. The van der Waals surface area contributed by atoms with Gasteiger partial charge in [0.15, 0.2) is 0 Å². The van der Waals surface area contributed by atoms with Crippen molar-refractivity contribution in [3.05, 3.63) is 41.5 Å². The van der Waals surface area contributed by atoms with E-state index in [0.717, 1.165) is 38.5 Å². The monoisotopic (exact) mass is 466 g/mol. The second-order valence-corrected chi connectivity index (χ2v) is 12.3. The second-order valence-electron chi connectivity index (χ2n) is 12.3. The van der Waals surface area contributed by atoms with Gasteiger partial charge < -0.3 is 15.3 Å². The van der Waals surface area contributed by atoms with Crippen molar-refractivity contribution in [1.82, 2.24) is 0 Å². The fourth-order valence-corrected chi connectivity index (χ4v) is 8.93. The van der Waals surface area contributed by atoms with Crippen molar-refractivity contribution in [1.29, 1.82) is 0 Å². The van der Waals surface area contributed by atoms with Crippen LogP contribution in [0.15, 0.2) is 30.4 Å². The first-order valence-corrected chi connectivity index (χ1v) is 14.3. The fraction of sp³-hybridized carbons (Fsp3) is 0.742. The van der Waals surface area contributed by atoms with Crippen LogP contribution in [0.25, 0.3) is 0 Å². The lowest BCUT2D eigenvalue weighted by Gasteiger charge is -2.59. The van der Waals surface area contributed by atoms with E-state index < -0.39 is 5.60 Å². The van der Waals surface area contributed by atoms with Crippen molar-refractivity contribution in [3.63, 3.8) is 0 Å². The zero-order valence-corrected chi connectivity index (χ0v) is 21.3. The van der Waals surface area contributed by atoms with Crippen LogP contribution in [-0.2, 0) is 6.42 Å². The molecule has 6 atom stereocenters. The Morgan fingerprint density at radius 1 is 0.882 bits per heavy atom. The summed E-state index contributed by atoms with van der Waals surface area (Å²) in [6, 6.07) is 6.13. The lowest BCUT2D eigenvalue weighted by Crippen LogP contribution is -2.54. The Hall–Kier alpha value is -1.32. The molecule has 0 aliphatic heterocycles. The maximum Gasteiger partial charge on any atom is 0.115 e. The Balaban J connectivity index is 1.26. The summed E-state index contributed by atoms with van der Waals surface area (Å²) in [5.41, 5.74) is 2.38. The van der Waals surface area contributed by atoms with Gasteiger partial charge in [-0.2, -0.15) is 0 Å². The largest absolute Gasteiger partial charge is 0.508 e. The molecule has 3 heteroatoms. The van der Waals surface area contributed by atoms with Crippen LogP contribution in [0.2, 0.25) is 0 Å². The van der Waals surface area contributed by atoms with Gasteiger partial charge in [-0.05, 0) is 86.0 Å². The van der Waals surface area contributed by atoms with Crippen LogP contribution in [0.5, 0.6) is 5.75 Å². The molecule has 0 radical (unpaired) electrons. The van der Waals surface area contributed by atoms with Gasteiger partial charge in [-0.3, -0.25) is 0 Å². The molecule has 1 aromatic carbocycles. The van der Waals surface area contributed by atoms with E-state index in [-0.39, 0.29) is 10.8 Å². The van der Waals surface area contributed by atoms with E-state index in [2.05, 4.69) is 25.1 Å². The molecule has 4 aliphatic rings. The van der Waals surface area contributed by atoms with E-state index in [9.17, 15) is 10.2 Å². The van der Waals surface area contributed by atoms with Crippen LogP contribution in [0.1, 0.15) is 114 Å². The number of allylic oxidation sites excluding steroid dienone is 1. The number of aromatic hydroxyl groups is 1. The third kappa shape index (κ3) is 3.86. The zero-order chi connectivity index (χ0) is 23.8. The molecule has 0 heterocycles. The van der Waals surface area contributed by atoms with Gasteiger partial charge >= 0.3 is 0 Å². The number of rotatable bonds is 11. The molecule has 3 nitrogen and oxygen atoms in total. The average molecular weight is 467 g/mol. The molecule has 5 rings (SSSR count). The first-order valence-electron chi connectivity index (χ1n) is 14.3. The Morgan fingerprint density at radius 2 is 1.59 bits per heavy atom. The Kier molecular flexibility index (Phi) is 6.90. The van der Waals surface area contributed by atoms with E-state index in [4.69, 9.17) is 5.11 Å². The Labute approximate surface area is 206 Å². The van der Waals surface area contributed by atoms with Crippen LogP contribution in [0, 0.1) is 22.7 Å². The molecule has 4 aliphatic carbocycles. The van der Waals surface area contributed by atoms with Crippen molar-refractivity contribution < 1.29 is 15.3 Å². The first-order chi connectivity index (χ1) is 16.4. The maximum atomic E-state index is 11.5. The van der Waals surface area contributed by atoms with Crippen LogP contribution in [-0.4, -0.2) is 27.5 Å². The normalized spacial score (nSPS) is 37.4. The maximum absolute atomic E-state index is 11.5. The van der Waals surface area contributed by atoms with Gasteiger partial charge in [-0.15, -0.1) is 0 Å². The smallest absolute Gasteiger partial charge is 0.115 e. The molecule has 34 heavy (non-hydrogen) atoms. The van der Waals surface area contributed by atoms with E-state index >= 15 is 0 Å². The lowest BCUT2D eigenvalue weighted by atomic mass is 9.45. The van der Waals surface area contributed by atoms with Crippen molar-refractivity contribution in [2.24, 2.45) is 22.7 Å². The quantitative estimate of drug-likeness (QED) is 0.242. The minimum atomic E-state index is -0.602. The van der Waals surface area contributed by atoms with Crippen molar-refractivity contribution in [2.75, 3.05) is 6.61 Å². The van der Waals surface area contributed by atoms with Crippen molar-refractivity contribution >= 4 is 0 Å². The van der Waals surface area contributed by atoms with E-state index in [0.29, 0.717) is 30.1 Å². The highest BCUT2D eigenvalue weighted by Crippen LogP contribution is 2.75. The molecule has 0 amide bonds. The molecule has 0 spiro atoms. The van der Waals surface area contributed by atoms with Crippen LogP contribution in [0.4, 0.5) is 0 Å². The highest BCUT2D eigenvalue weighted by molar-refractivity contribution is 5.44. The minimum absolute atomic E-state index is 0.0101. The van der Waals surface area contributed by atoms with Crippen molar-refractivity contribution in [2.45, 2.75) is 115 Å². The average Bonchev–Trinajstić information content (AvgIpc) is 3.20. The van der Waals surface area contributed by atoms with Gasteiger partial charge in [-0.1, -0.05) is 76.5 Å². The number of benzene rings is 1. The van der Waals surface area contributed by atoms with Gasteiger partial charge in [0, 0.05) is 17.4 Å². The fourth-order valence-electron chi connectivity index (χ4n) is 8.93. The highest BCUT2D eigenvalue weighted by Gasteiger charge is 2.72.